The molecule has 7 heteroatoms. The van der Waals surface area contributed by atoms with Gasteiger partial charge in [-0.2, -0.15) is 0 Å². The van der Waals surface area contributed by atoms with Crippen molar-refractivity contribution >= 4 is 13.4 Å². The van der Waals surface area contributed by atoms with E-state index in [2.05, 4.69) is 60.0 Å². The number of rotatable bonds is 16. The maximum Gasteiger partial charge on any atom is 0.469 e. The van der Waals surface area contributed by atoms with Crippen LogP contribution in [0.3, 0.4) is 0 Å². The second-order valence-corrected chi connectivity index (χ2v) is 10.6. The number of hydrogen-bond donors (Lipinski definition) is 4. The zero-order chi connectivity index (χ0) is 26.9. The molecule has 0 fully saturated rings. The topological polar surface area (TPSA) is 113 Å². The van der Waals surface area contributed by atoms with Gasteiger partial charge in [0.05, 0.1) is 18.8 Å². The standard InChI is InChI=1S/C27H42NO5P.C2H6/c1-2-3-4-6-10-23-12-9-13-25(17-14-23)26-18-15-24(16-19-26)11-7-5-8-20-27(28,21-29)22-33-34(30,31)32;1-2/h12-19,29H,2-11,20-22,28H2,1H3,(H2,30,31,32);1-2H3. The first-order valence-corrected chi connectivity index (χ1v) is 15.0. The Morgan fingerprint density at radius 3 is 2.25 bits per heavy atom. The van der Waals surface area contributed by atoms with Gasteiger partial charge in [-0.3, -0.25) is 4.52 Å². The Morgan fingerprint density at radius 1 is 0.944 bits per heavy atom. The molecule has 5 N–H and O–H groups in total. The molecule has 0 radical (unpaired) electrons. The van der Waals surface area contributed by atoms with Gasteiger partial charge in [-0.15, -0.1) is 0 Å². The van der Waals surface area contributed by atoms with E-state index in [-0.39, 0.29) is 13.2 Å². The maximum absolute atomic E-state index is 10.9. The highest BCUT2D eigenvalue weighted by Gasteiger charge is 2.28. The van der Waals surface area contributed by atoms with E-state index in [9.17, 15) is 9.67 Å². The number of benzene rings is 1. The SMILES string of the molecule is CC.CCCCCCC1=CCC=C(c2ccc(CCCCCC(N)(CO)COP(=O)(O)O)cc2)C=C1. The lowest BCUT2D eigenvalue weighted by atomic mass is 9.94. The first kappa shape index (κ1) is 32.5. The van der Waals surface area contributed by atoms with Crippen LogP contribution in [0.5, 0.6) is 0 Å². The molecule has 1 aromatic carbocycles. The van der Waals surface area contributed by atoms with Gasteiger partial charge in [-0.05, 0) is 55.2 Å². The van der Waals surface area contributed by atoms with E-state index in [1.54, 1.807) is 0 Å². The van der Waals surface area contributed by atoms with Gasteiger partial charge in [-0.1, -0.05) is 107 Å². The second-order valence-electron chi connectivity index (χ2n) is 9.36. The lowest BCUT2D eigenvalue weighted by Crippen LogP contribution is -2.47. The number of phosphoric ester groups is 1. The molecule has 0 heterocycles. The predicted octanol–water partition coefficient (Wildman–Crippen LogP) is 6.85. The van der Waals surface area contributed by atoms with E-state index in [4.69, 9.17) is 15.5 Å². The largest absolute Gasteiger partial charge is 0.469 e. The predicted molar refractivity (Wildman–Crippen MR) is 151 cm³/mol. The fourth-order valence-electron chi connectivity index (χ4n) is 4.08. The molecule has 1 atom stereocenters. The fraction of sp³-hybridized carbons (Fsp3) is 0.586. The molecule has 1 unspecified atom stereocenters. The molecule has 1 aliphatic carbocycles. The molecule has 0 aromatic heterocycles. The van der Waals surface area contributed by atoms with Crippen molar-refractivity contribution in [2.24, 2.45) is 5.73 Å². The normalized spacial score (nSPS) is 15.3. The number of allylic oxidation sites excluding steroid dienone is 6. The van der Waals surface area contributed by atoms with Gasteiger partial charge >= 0.3 is 7.82 Å². The maximum atomic E-state index is 10.9. The van der Waals surface area contributed by atoms with E-state index < -0.39 is 13.4 Å². The van der Waals surface area contributed by atoms with Gasteiger partial charge in [0.2, 0.25) is 0 Å². The van der Waals surface area contributed by atoms with Crippen molar-refractivity contribution in [3.63, 3.8) is 0 Å². The minimum Gasteiger partial charge on any atom is -0.394 e. The van der Waals surface area contributed by atoms with Gasteiger partial charge in [0, 0.05) is 0 Å². The Bertz CT molecular complexity index is 872. The second kappa shape index (κ2) is 17.8. The summed E-state index contributed by atoms with van der Waals surface area (Å²) in [6, 6.07) is 8.74. The molecule has 0 saturated heterocycles. The van der Waals surface area contributed by atoms with Gasteiger partial charge in [0.1, 0.15) is 0 Å². The van der Waals surface area contributed by atoms with Crippen molar-refractivity contribution in [2.75, 3.05) is 13.2 Å². The van der Waals surface area contributed by atoms with E-state index in [0.717, 1.165) is 38.5 Å². The number of aliphatic hydroxyl groups excluding tert-OH is 1. The van der Waals surface area contributed by atoms with Crippen molar-refractivity contribution in [3.8, 4) is 0 Å². The summed E-state index contributed by atoms with van der Waals surface area (Å²) < 4.78 is 15.3. The minimum absolute atomic E-state index is 0.366. The van der Waals surface area contributed by atoms with Crippen molar-refractivity contribution in [1.82, 2.24) is 0 Å². The number of aliphatic hydroxyl groups is 1. The number of hydrogen-bond acceptors (Lipinski definition) is 4. The van der Waals surface area contributed by atoms with E-state index in [1.807, 2.05) is 13.8 Å². The molecular formula is C29H48NO5P. The monoisotopic (exact) mass is 521 g/mol. The van der Waals surface area contributed by atoms with Crippen molar-refractivity contribution in [3.05, 3.63) is 65.3 Å². The van der Waals surface area contributed by atoms with Gasteiger partial charge in [0.25, 0.3) is 0 Å². The molecule has 2 rings (SSSR count). The first-order chi connectivity index (χ1) is 17.2. The third-order valence-corrected chi connectivity index (χ3v) is 6.74. The third kappa shape index (κ3) is 13.7. The molecule has 0 amide bonds. The van der Waals surface area contributed by atoms with Crippen LogP contribution in [0.4, 0.5) is 0 Å². The summed E-state index contributed by atoms with van der Waals surface area (Å²) in [5, 5.41) is 9.47. The highest BCUT2D eigenvalue weighted by Crippen LogP contribution is 2.37. The van der Waals surface area contributed by atoms with E-state index >= 15 is 0 Å². The lowest BCUT2D eigenvalue weighted by molar-refractivity contribution is 0.0999. The summed E-state index contributed by atoms with van der Waals surface area (Å²) in [7, 11) is -4.59. The van der Waals surface area contributed by atoms with Crippen LogP contribution < -0.4 is 5.73 Å². The van der Waals surface area contributed by atoms with Gasteiger partial charge < -0.3 is 20.6 Å². The molecule has 0 saturated carbocycles. The summed E-state index contributed by atoms with van der Waals surface area (Å²) in [6.45, 7) is 5.50. The van der Waals surface area contributed by atoms with Crippen molar-refractivity contribution in [1.29, 1.82) is 0 Å². The molecule has 0 spiro atoms. The smallest absolute Gasteiger partial charge is 0.394 e. The Labute approximate surface area is 218 Å². The van der Waals surface area contributed by atoms with Crippen LogP contribution in [0.1, 0.15) is 96.1 Å². The molecule has 204 valence electrons. The average Bonchev–Trinajstić information content (AvgIpc) is 3.12. The number of aryl methyl sites for hydroxylation is 1. The Balaban J connectivity index is 0.00000316. The Kier molecular flexibility index (Phi) is 16.1. The molecule has 1 aliphatic rings. The molecule has 0 aliphatic heterocycles. The Hall–Kier alpha value is -1.53. The number of unbranched alkanes of at least 4 members (excludes halogenated alkanes) is 5. The summed E-state index contributed by atoms with van der Waals surface area (Å²) >= 11 is 0. The minimum atomic E-state index is -4.59. The fourth-order valence-corrected chi connectivity index (χ4v) is 4.51. The highest BCUT2D eigenvalue weighted by molar-refractivity contribution is 7.46. The van der Waals surface area contributed by atoms with Crippen LogP contribution in [0.25, 0.3) is 5.57 Å². The number of nitrogens with two attached hydrogens (primary N) is 1. The van der Waals surface area contributed by atoms with Crippen molar-refractivity contribution < 1.29 is 24.0 Å². The summed E-state index contributed by atoms with van der Waals surface area (Å²) in [5.74, 6) is 0. The summed E-state index contributed by atoms with van der Waals surface area (Å²) in [4.78, 5) is 17.7. The van der Waals surface area contributed by atoms with E-state index in [0.29, 0.717) is 6.42 Å². The average molecular weight is 522 g/mol. The molecular weight excluding hydrogens is 473 g/mol. The number of phosphoric acid groups is 1. The van der Waals surface area contributed by atoms with Crippen LogP contribution >= 0.6 is 7.82 Å². The van der Waals surface area contributed by atoms with Gasteiger partial charge in [0.15, 0.2) is 0 Å². The zero-order valence-electron chi connectivity index (χ0n) is 22.5. The van der Waals surface area contributed by atoms with E-state index in [1.165, 1.54) is 48.0 Å². The van der Waals surface area contributed by atoms with Crippen LogP contribution in [-0.4, -0.2) is 33.6 Å². The quantitative estimate of drug-likeness (QED) is 0.140. The van der Waals surface area contributed by atoms with Crippen molar-refractivity contribution in [2.45, 2.75) is 96.9 Å². The molecule has 1 aromatic rings. The van der Waals surface area contributed by atoms with Crippen LogP contribution in [0.15, 0.2) is 54.1 Å². The molecule has 0 bridgehead atoms. The van der Waals surface area contributed by atoms with Crippen LogP contribution in [0, 0.1) is 0 Å². The first-order valence-electron chi connectivity index (χ1n) is 13.5. The summed E-state index contributed by atoms with van der Waals surface area (Å²) in [6.07, 6.45) is 20.5. The van der Waals surface area contributed by atoms with Crippen LogP contribution in [0.2, 0.25) is 0 Å². The lowest BCUT2D eigenvalue weighted by Gasteiger charge is -2.26. The third-order valence-electron chi connectivity index (χ3n) is 6.28. The van der Waals surface area contributed by atoms with Gasteiger partial charge in [-0.25, -0.2) is 4.57 Å². The Morgan fingerprint density at radius 2 is 1.61 bits per heavy atom. The summed E-state index contributed by atoms with van der Waals surface area (Å²) in [5.41, 5.74) is 10.1. The van der Waals surface area contributed by atoms with Crippen LogP contribution in [-0.2, 0) is 15.5 Å². The zero-order valence-corrected chi connectivity index (χ0v) is 23.4. The molecule has 6 nitrogen and oxygen atoms in total. The highest BCUT2D eigenvalue weighted by atomic mass is 31.2. The molecule has 36 heavy (non-hydrogen) atoms.